The van der Waals surface area contributed by atoms with E-state index in [2.05, 4.69) is 5.32 Å². The Morgan fingerprint density at radius 2 is 2.07 bits per heavy atom. The van der Waals surface area contributed by atoms with Gasteiger partial charge < -0.3 is 10.2 Å². The maximum absolute atomic E-state index is 13.2. The number of likely N-dealkylation sites (N-methyl/N-ethyl adjacent to an activating group) is 1. The molecule has 1 saturated heterocycles. The van der Waals surface area contributed by atoms with Crippen LogP contribution in [-0.2, 0) is 0 Å². The second-order valence-corrected chi connectivity index (χ2v) is 4.32. The van der Waals surface area contributed by atoms with Crippen LogP contribution in [0.4, 0.5) is 8.78 Å². The van der Waals surface area contributed by atoms with E-state index in [-0.39, 0.29) is 13.0 Å². The monoisotopic (exact) mass is 222 g/mol. The molecule has 3 N–H and O–H groups in total. The molecule has 90 valence electrons. The average molecular weight is 222 g/mol. The van der Waals surface area contributed by atoms with E-state index in [9.17, 15) is 8.78 Å². The lowest BCUT2D eigenvalue weighted by Gasteiger charge is -2.25. The largest absolute Gasteiger partial charge is 0.308 e. The minimum atomic E-state index is -2.62. The van der Waals surface area contributed by atoms with Crippen LogP contribution >= 0.6 is 0 Å². The fourth-order valence-corrected chi connectivity index (χ4v) is 1.59. The highest BCUT2D eigenvalue weighted by Crippen LogP contribution is 2.27. The van der Waals surface area contributed by atoms with Crippen molar-refractivity contribution in [1.82, 2.24) is 15.2 Å². The van der Waals surface area contributed by atoms with E-state index >= 15 is 0 Å². The molecule has 1 aliphatic heterocycles. The van der Waals surface area contributed by atoms with Crippen LogP contribution in [-0.4, -0.2) is 62.1 Å². The molecule has 1 fully saturated rings. The molecule has 1 unspecified atom stereocenters. The van der Waals surface area contributed by atoms with Crippen molar-refractivity contribution < 1.29 is 8.78 Å². The first-order chi connectivity index (χ1) is 6.92. The van der Waals surface area contributed by atoms with E-state index in [0.717, 1.165) is 6.54 Å². The van der Waals surface area contributed by atoms with Gasteiger partial charge in [0.2, 0.25) is 0 Å². The Bertz CT molecular complexity index is 199. The Kier molecular flexibility index (Phi) is 4.39. The predicted molar refractivity (Wildman–Crippen MR) is 55.7 cm³/mol. The average Bonchev–Trinajstić information content (AvgIpc) is 2.43. The standard InChI is InChI=1S/C9H20F2N4/c1-14(2)5-6-15(12)7-8-9(10,11)3-4-13-8/h8,13H,3-7,12H2,1-2H3. The summed E-state index contributed by atoms with van der Waals surface area (Å²) in [5.41, 5.74) is 0. The van der Waals surface area contributed by atoms with Crippen LogP contribution in [0.1, 0.15) is 6.42 Å². The summed E-state index contributed by atoms with van der Waals surface area (Å²) in [4.78, 5) is 1.97. The first-order valence-electron chi connectivity index (χ1n) is 5.17. The van der Waals surface area contributed by atoms with Gasteiger partial charge in [0.1, 0.15) is 0 Å². The van der Waals surface area contributed by atoms with Gasteiger partial charge in [-0.25, -0.2) is 13.8 Å². The molecule has 4 nitrogen and oxygen atoms in total. The highest BCUT2D eigenvalue weighted by atomic mass is 19.3. The molecule has 0 spiro atoms. The van der Waals surface area contributed by atoms with Crippen LogP contribution in [0, 0.1) is 0 Å². The Balaban J connectivity index is 2.28. The Labute approximate surface area is 89.4 Å². The van der Waals surface area contributed by atoms with Crippen LogP contribution in [0.3, 0.4) is 0 Å². The third-order valence-corrected chi connectivity index (χ3v) is 2.61. The Morgan fingerprint density at radius 3 is 2.53 bits per heavy atom. The van der Waals surface area contributed by atoms with Crippen LogP contribution in [0.25, 0.3) is 0 Å². The summed E-state index contributed by atoms with van der Waals surface area (Å²) in [6, 6.07) is -0.801. The molecule has 0 saturated carbocycles. The van der Waals surface area contributed by atoms with Gasteiger partial charge in [-0.2, -0.15) is 0 Å². The van der Waals surface area contributed by atoms with Gasteiger partial charge in [0.15, 0.2) is 0 Å². The topological polar surface area (TPSA) is 44.5 Å². The number of hydrazine groups is 1. The predicted octanol–water partition coefficient (Wildman–Crippen LogP) is -0.279. The minimum absolute atomic E-state index is 0.0841. The summed E-state index contributed by atoms with van der Waals surface area (Å²) < 4.78 is 26.4. The summed E-state index contributed by atoms with van der Waals surface area (Å²) in [5, 5.41) is 4.24. The number of nitrogens with one attached hydrogen (secondary N) is 1. The van der Waals surface area contributed by atoms with Gasteiger partial charge in [0.05, 0.1) is 6.04 Å². The van der Waals surface area contributed by atoms with Gasteiger partial charge in [-0.1, -0.05) is 0 Å². The number of alkyl halides is 2. The number of hydrogen-bond donors (Lipinski definition) is 2. The van der Waals surface area contributed by atoms with Crippen molar-refractivity contribution in [1.29, 1.82) is 0 Å². The molecule has 1 rings (SSSR count). The second kappa shape index (κ2) is 5.16. The summed E-state index contributed by atoms with van der Waals surface area (Å²) in [7, 11) is 3.85. The molecule has 6 heteroatoms. The first-order valence-corrected chi connectivity index (χ1v) is 5.17. The van der Waals surface area contributed by atoms with Crippen LogP contribution < -0.4 is 11.2 Å². The molecule has 1 atom stereocenters. The fourth-order valence-electron chi connectivity index (χ4n) is 1.59. The van der Waals surface area contributed by atoms with E-state index in [4.69, 9.17) is 5.84 Å². The second-order valence-electron chi connectivity index (χ2n) is 4.32. The van der Waals surface area contributed by atoms with Gasteiger partial charge in [-0.05, 0) is 14.1 Å². The molecule has 0 aliphatic carbocycles. The highest BCUT2D eigenvalue weighted by molar-refractivity contribution is 4.91. The number of hydrogen-bond acceptors (Lipinski definition) is 4. The zero-order chi connectivity index (χ0) is 11.5. The zero-order valence-corrected chi connectivity index (χ0v) is 9.34. The Morgan fingerprint density at radius 1 is 1.40 bits per heavy atom. The van der Waals surface area contributed by atoms with Crippen LogP contribution in [0.2, 0.25) is 0 Å². The summed E-state index contributed by atoms with van der Waals surface area (Å²) in [6.07, 6.45) is -0.0841. The molecule has 0 amide bonds. The summed E-state index contributed by atoms with van der Waals surface area (Å²) in [6.45, 7) is 1.94. The van der Waals surface area contributed by atoms with E-state index in [0.29, 0.717) is 13.1 Å². The normalized spacial score (nSPS) is 25.4. The van der Waals surface area contributed by atoms with Crippen LogP contribution in [0.5, 0.6) is 0 Å². The number of nitrogens with zero attached hydrogens (tertiary/aromatic N) is 2. The Hall–Kier alpha value is -0.300. The van der Waals surface area contributed by atoms with Gasteiger partial charge in [-0.3, -0.25) is 5.84 Å². The third kappa shape index (κ3) is 3.98. The lowest BCUT2D eigenvalue weighted by Crippen LogP contribution is -2.49. The lowest BCUT2D eigenvalue weighted by atomic mass is 10.1. The van der Waals surface area contributed by atoms with Gasteiger partial charge in [-0.15, -0.1) is 0 Å². The molecule has 0 radical (unpaired) electrons. The molecule has 0 aromatic carbocycles. The van der Waals surface area contributed by atoms with Crippen molar-refractivity contribution in [2.75, 3.05) is 40.3 Å². The minimum Gasteiger partial charge on any atom is -0.308 e. The molecule has 0 aromatic heterocycles. The molecular formula is C9H20F2N4. The van der Waals surface area contributed by atoms with Crippen molar-refractivity contribution in [3.05, 3.63) is 0 Å². The van der Waals surface area contributed by atoms with E-state index in [1.807, 2.05) is 19.0 Å². The van der Waals surface area contributed by atoms with Crippen molar-refractivity contribution in [2.45, 2.75) is 18.4 Å². The van der Waals surface area contributed by atoms with Gasteiger partial charge in [0.25, 0.3) is 5.92 Å². The molecule has 0 aromatic rings. The van der Waals surface area contributed by atoms with Gasteiger partial charge >= 0.3 is 0 Å². The van der Waals surface area contributed by atoms with E-state index in [1.165, 1.54) is 5.01 Å². The molecule has 1 heterocycles. The maximum atomic E-state index is 13.2. The van der Waals surface area contributed by atoms with Crippen LogP contribution in [0.15, 0.2) is 0 Å². The molecule has 15 heavy (non-hydrogen) atoms. The van der Waals surface area contributed by atoms with Gasteiger partial charge in [0, 0.05) is 32.6 Å². The maximum Gasteiger partial charge on any atom is 0.265 e. The third-order valence-electron chi connectivity index (χ3n) is 2.61. The molecule has 1 aliphatic rings. The first kappa shape index (κ1) is 12.8. The van der Waals surface area contributed by atoms with Crippen molar-refractivity contribution in [3.8, 4) is 0 Å². The van der Waals surface area contributed by atoms with Crippen molar-refractivity contribution >= 4 is 0 Å². The summed E-state index contributed by atoms with van der Waals surface area (Å²) >= 11 is 0. The van der Waals surface area contributed by atoms with Crippen molar-refractivity contribution in [2.24, 2.45) is 5.84 Å². The smallest absolute Gasteiger partial charge is 0.265 e. The quantitative estimate of drug-likeness (QED) is 0.496. The molecule has 0 bridgehead atoms. The fraction of sp³-hybridized carbons (Fsp3) is 1.00. The summed E-state index contributed by atoms with van der Waals surface area (Å²) in [5.74, 6) is 3.04. The number of halogens is 2. The lowest BCUT2D eigenvalue weighted by molar-refractivity contribution is -0.0211. The van der Waals surface area contributed by atoms with Crippen molar-refractivity contribution in [3.63, 3.8) is 0 Å². The SMILES string of the molecule is CN(C)CCN(N)CC1NCCC1(F)F. The highest BCUT2D eigenvalue weighted by Gasteiger charge is 2.43. The molecular weight excluding hydrogens is 202 g/mol. The number of rotatable bonds is 5. The zero-order valence-electron chi connectivity index (χ0n) is 9.34. The number of nitrogens with two attached hydrogens (primary N) is 1. The van der Waals surface area contributed by atoms with E-state index in [1.54, 1.807) is 0 Å². The van der Waals surface area contributed by atoms with E-state index < -0.39 is 12.0 Å².